The van der Waals surface area contributed by atoms with Crippen LogP contribution in [-0.4, -0.2) is 23.9 Å². The van der Waals surface area contributed by atoms with E-state index in [0.29, 0.717) is 6.54 Å². The molecular weight excluding hydrogens is 327 g/mol. The lowest BCUT2D eigenvalue weighted by molar-refractivity contribution is -0.125. The van der Waals surface area contributed by atoms with Gasteiger partial charge < -0.3 is 5.32 Å². The van der Waals surface area contributed by atoms with Crippen molar-refractivity contribution in [2.24, 2.45) is 0 Å². The molecule has 0 aliphatic carbocycles. The number of hydrogen-bond acceptors (Lipinski definition) is 2. The molecule has 0 atom stereocenters. The molecule has 3 nitrogen and oxygen atoms in total. The van der Waals surface area contributed by atoms with Gasteiger partial charge >= 0.3 is 0 Å². The number of hydrogen-bond donors (Lipinski definition) is 1. The molecule has 0 saturated carbocycles. The average Bonchev–Trinajstić information content (AvgIpc) is 3.13. The Morgan fingerprint density at radius 1 is 1.08 bits per heavy atom. The molecule has 1 heterocycles. The third kappa shape index (κ3) is 4.50. The van der Waals surface area contributed by atoms with Crippen LogP contribution in [0.3, 0.4) is 0 Å². The van der Waals surface area contributed by atoms with Crippen LogP contribution in [0.1, 0.15) is 43.4 Å². The minimum Gasteiger partial charge on any atom is -0.351 e. The number of benzene rings is 2. The second kappa shape index (κ2) is 8.00. The number of nitrogens with zero attached hydrogens (tertiary/aromatic N) is 1. The molecule has 1 aliphatic heterocycles. The largest absolute Gasteiger partial charge is 0.351 e. The molecule has 0 bridgehead atoms. The fourth-order valence-electron chi connectivity index (χ4n) is 3.44. The van der Waals surface area contributed by atoms with Gasteiger partial charge in [-0.1, -0.05) is 36.4 Å². The first kappa shape index (κ1) is 18.6. The Hall–Kier alpha value is -2.20. The molecule has 0 aromatic heterocycles. The molecular formula is C22H27FN2O. The highest BCUT2D eigenvalue weighted by atomic mass is 19.1. The molecule has 1 saturated heterocycles. The normalized spacial score (nSPS) is 15.2. The molecule has 3 rings (SSSR count). The first-order valence-corrected chi connectivity index (χ1v) is 9.30. The van der Waals surface area contributed by atoms with Crippen molar-refractivity contribution in [2.45, 2.75) is 45.2 Å². The van der Waals surface area contributed by atoms with Crippen LogP contribution >= 0.6 is 0 Å². The zero-order valence-corrected chi connectivity index (χ0v) is 15.6. The quantitative estimate of drug-likeness (QED) is 0.850. The van der Waals surface area contributed by atoms with Crippen LogP contribution in [0.2, 0.25) is 0 Å². The minimum atomic E-state index is -0.707. The van der Waals surface area contributed by atoms with E-state index >= 15 is 0 Å². The van der Waals surface area contributed by atoms with Crippen molar-refractivity contribution in [1.29, 1.82) is 0 Å². The lowest BCUT2D eigenvalue weighted by Gasteiger charge is -2.24. The van der Waals surface area contributed by atoms with Crippen molar-refractivity contribution in [3.05, 3.63) is 71.0 Å². The predicted octanol–water partition coefficient (Wildman–Crippen LogP) is 4.02. The van der Waals surface area contributed by atoms with Gasteiger partial charge in [-0.05, 0) is 68.6 Å². The first-order chi connectivity index (χ1) is 12.4. The molecule has 1 N–H and O–H groups in total. The molecule has 0 spiro atoms. The van der Waals surface area contributed by atoms with Crippen LogP contribution in [0, 0.1) is 5.82 Å². The van der Waals surface area contributed by atoms with E-state index in [1.807, 2.05) is 19.9 Å². The molecule has 2 aromatic carbocycles. The molecule has 4 heteroatoms. The van der Waals surface area contributed by atoms with E-state index in [4.69, 9.17) is 0 Å². The molecule has 26 heavy (non-hydrogen) atoms. The third-order valence-electron chi connectivity index (χ3n) is 5.18. The average molecular weight is 354 g/mol. The maximum Gasteiger partial charge on any atom is 0.230 e. The smallest absolute Gasteiger partial charge is 0.230 e. The van der Waals surface area contributed by atoms with Gasteiger partial charge in [0, 0.05) is 13.1 Å². The molecule has 1 aliphatic rings. The van der Waals surface area contributed by atoms with Crippen molar-refractivity contribution < 1.29 is 9.18 Å². The first-order valence-electron chi connectivity index (χ1n) is 9.30. The van der Waals surface area contributed by atoms with Crippen LogP contribution in [0.25, 0.3) is 0 Å². The van der Waals surface area contributed by atoms with Gasteiger partial charge in [0.05, 0.1) is 5.41 Å². The van der Waals surface area contributed by atoms with E-state index in [2.05, 4.69) is 28.4 Å². The lowest BCUT2D eigenvalue weighted by Crippen LogP contribution is -2.39. The van der Waals surface area contributed by atoms with Gasteiger partial charge in [0.25, 0.3) is 0 Å². The molecule has 0 radical (unpaired) electrons. The molecule has 1 amide bonds. The monoisotopic (exact) mass is 354 g/mol. The van der Waals surface area contributed by atoms with E-state index < -0.39 is 5.41 Å². The Morgan fingerprint density at radius 2 is 1.73 bits per heavy atom. The lowest BCUT2D eigenvalue weighted by atomic mass is 9.83. The summed E-state index contributed by atoms with van der Waals surface area (Å²) in [6.07, 6.45) is 2.57. The van der Waals surface area contributed by atoms with E-state index in [9.17, 15) is 9.18 Å². The van der Waals surface area contributed by atoms with Gasteiger partial charge in [0.2, 0.25) is 5.91 Å². The molecule has 2 aromatic rings. The maximum absolute atomic E-state index is 13.1. The van der Waals surface area contributed by atoms with E-state index in [1.165, 1.54) is 43.6 Å². The summed E-state index contributed by atoms with van der Waals surface area (Å²) >= 11 is 0. The zero-order valence-electron chi connectivity index (χ0n) is 15.6. The highest BCUT2D eigenvalue weighted by Gasteiger charge is 2.29. The third-order valence-corrected chi connectivity index (χ3v) is 5.18. The van der Waals surface area contributed by atoms with Crippen LogP contribution in [0.15, 0.2) is 48.5 Å². The number of carbonyl (C=O) groups is 1. The topological polar surface area (TPSA) is 32.3 Å². The van der Waals surface area contributed by atoms with Crippen molar-refractivity contribution in [3.8, 4) is 0 Å². The number of amides is 1. The van der Waals surface area contributed by atoms with Crippen LogP contribution < -0.4 is 5.32 Å². The van der Waals surface area contributed by atoms with Gasteiger partial charge in [-0.25, -0.2) is 4.39 Å². The second-order valence-electron chi connectivity index (χ2n) is 7.62. The zero-order chi connectivity index (χ0) is 18.6. The minimum absolute atomic E-state index is 0.0611. The standard InChI is InChI=1S/C22H27FN2O/c1-22(2,19-8-10-20(23)11-9-19)21(26)24-15-17-6-5-7-18(14-17)16-25-12-3-4-13-25/h5-11,14H,3-4,12-13,15-16H2,1-2H3,(H,24,26). The Morgan fingerprint density at radius 3 is 2.42 bits per heavy atom. The summed E-state index contributed by atoms with van der Waals surface area (Å²) in [5.74, 6) is -0.353. The summed E-state index contributed by atoms with van der Waals surface area (Å²) < 4.78 is 13.1. The van der Waals surface area contributed by atoms with E-state index in [1.54, 1.807) is 12.1 Å². The summed E-state index contributed by atoms with van der Waals surface area (Å²) in [4.78, 5) is 15.1. The Kier molecular flexibility index (Phi) is 5.72. The van der Waals surface area contributed by atoms with Crippen LogP contribution in [-0.2, 0) is 23.3 Å². The highest BCUT2D eigenvalue weighted by Crippen LogP contribution is 2.24. The Labute approximate surface area is 155 Å². The summed E-state index contributed by atoms with van der Waals surface area (Å²) in [6, 6.07) is 14.5. The van der Waals surface area contributed by atoms with Crippen molar-refractivity contribution in [1.82, 2.24) is 10.2 Å². The fourth-order valence-corrected chi connectivity index (χ4v) is 3.44. The SMILES string of the molecule is CC(C)(C(=O)NCc1cccc(CN2CCCC2)c1)c1ccc(F)cc1. The van der Waals surface area contributed by atoms with Gasteiger partial charge in [-0.2, -0.15) is 0 Å². The summed E-state index contributed by atoms with van der Waals surface area (Å²) in [7, 11) is 0. The highest BCUT2D eigenvalue weighted by molar-refractivity contribution is 5.87. The van der Waals surface area contributed by atoms with Gasteiger partial charge in [-0.3, -0.25) is 9.69 Å². The molecule has 1 fully saturated rings. The predicted molar refractivity (Wildman–Crippen MR) is 102 cm³/mol. The fraction of sp³-hybridized carbons (Fsp3) is 0.409. The number of rotatable bonds is 6. The second-order valence-corrected chi connectivity index (χ2v) is 7.62. The summed E-state index contributed by atoms with van der Waals surface area (Å²) in [6.45, 7) is 7.54. The van der Waals surface area contributed by atoms with E-state index in [0.717, 1.165) is 17.7 Å². The van der Waals surface area contributed by atoms with Crippen molar-refractivity contribution in [3.63, 3.8) is 0 Å². The van der Waals surface area contributed by atoms with Gasteiger partial charge in [-0.15, -0.1) is 0 Å². The number of likely N-dealkylation sites (tertiary alicyclic amines) is 1. The van der Waals surface area contributed by atoms with Crippen molar-refractivity contribution >= 4 is 5.91 Å². The number of nitrogens with one attached hydrogen (secondary N) is 1. The van der Waals surface area contributed by atoms with Crippen molar-refractivity contribution in [2.75, 3.05) is 13.1 Å². The van der Waals surface area contributed by atoms with Crippen LogP contribution in [0.4, 0.5) is 4.39 Å². The van der Waals surface area contributed by atoms with Gasteiger partial charge in [0.1, 0.15) is 5.82 Å². The number of halogens is 1. The van der Waals surface area contributed by atoms with Crippen LogP contribution in [0.5, 0.6) is 0 Å². The molecule has 0 unspecified atom stereocenters. The Bertz CT molecular complexity index is 749. The van der Waals surface area contributed by atoms with E-state index in [-0.39, 0.29) is 11.7 Å². The number of carbonyl (C=O) groups excluding carboxylic acids is 1. The summed E-state index contributed by atoms with van der Waals surface area (Å²) in [5, 5.41) is 3.03. The summed E-state index contributed by atoms with van der Waals surface area (Å²) in [5.41, 5.74) is 2.49. The van der Waals surface area contributed by atoms with Gasteiger partial charge in [0.15, 0.2) is 0 Å². The molecule has 138 valence electrons. The maximum atomic E-state index is 13.1. The Balaban J connectivity index is 1.60.